The third-order valence-corrected chi connectivity index (χ3v) is 5.05. The van der Waals surface area contributed by atoms with E-state index in [1.54, 1.807) is 18.2 Å². The molecule has 4 rings (SSSR count). The van der Waals surface area contributed by atoms with Crippen molar-refractivity contribution in [3.63, 3.8) is 0 Å². The van der Waals surface area contributed by atoms with E-state index >= 15 is 0 Å². The number of hydrogen-bond acceptors (Lipinski definition) is 4. The number of fused-ring (bicyclic) bond motifs is 1. The van der Waals surface area contributed by atoms with Gasteiger partial charge in [0.15, 0.2) is 0 Å². The molecule has 0 aliphatic carbocycles. The quantitative estimate of drug-likeness (QED) is 0.422. The molecule has 172 valence electrons. The minimum absolute atomic E-state index is 0.0825. The first-order valence-electron chi connectivity index (χ1n) is 9.83. The van der Waals surface area contributed by atoms with Gasteiger partial charge in [-0.2, -0.15) is 18.2 Å². The molecular weight excluding hydrogens is 447 g/mol. The molecule has 0 spiro atoms. The van der Waals surface area contributed by atoms with Gasteiger partial charge in [0.1, 0.15) is 11.6 Å². The fraction of sp³-hybridized carbons (Fsp3) is 0.227. The smallest absolute Gasteiger partial charge is 0.354 e. The molecule has 4 aromatic rings. The summed E-state index contributed by atoms with van der Waals surface area (Å²) in [7, 11) is 0. The Kier molecular flexibility index (Phi) is 5.88. The van der Waals surface area contributed by atoms with Crippen molar-refractivity contribution >= 4 is 16.8 Å². The number of rotatable bonds is 6. The monoisotopic (exact) mass is 464 g/mol. The largest absolute Gasteiger partial charge is 0.471 e. The second kappa shape index (κ2) is 8.64. The molecule has 2 aromatic heterocycles. The van der Waals surface area contributed by atoms with E-state index in [2.05, 4.69) is 20.0 Å². The Morgan fingerprint density at radius 2 is 1.94 bits per heavy atom. The zero-order chi connectivity index (χ0) is 23.8. The zero-order valence-corrected chi connectivity index (χ0v) is 17.2. The van der Waals surface area contributed by atoms with Crippen molar-refractivity contribution in [2.24, 2.45) is 0 Å². The Labute approximate surface area is 184 Å². The Morgan fingerprint density at radius 1 is 1.15 bits per heavy atom. The van der Waals surface area contributed by atoms with E-state index in [0.29, 0.717) is 17.6 Å². The van der Waals surface area contributed by atoms with Gasteiger partial charge in [-0.15, -0.1) is 0 Å². The van der Waals surface area contributed by atoms with E-state index in [1.165, 1.54) is 6.07 Å². The maximum atomic E-state index is 13.7. The highest BCUT2D eigenvalue weighted by atomic mass is 19.4. The molecule has 0 unspecified atom stereocenters. The van der Waals surface area contributed by atoms with Gasteiger partial charge >= 0.3 is 12.1 Å². The predicted octanol–water partition coefficient (Wildman–Crippen LogP) is 4.66. The lowest BCUT2D eigenvalue weighted by atomic mass is 10.1. The number of carbonyl (C=O) groups excluding carboxylic acids is 1. The number of halogens is 5. The van der Waals surface area contributed by atoms with Gasteiger partial charge in [0.2, 0.25) is 11.7 Å². The molecule has 1 N–H and O–H groups in total. The van der Waals surface area contributed by atoms with Crippen LogP contribution in [0.15, 0.2) is 47.1 Å². The Balaban J connectivity index is 1.47. The van der Waals surface area contributed by atoms with Crippen LogP contribution in [0.3, 0.4) is 0 Å². The Hall–Kier alpha value is -3.76. The topological polar surface area (TPSA) is 73.0 Å². The average molecular weight is 464 g/mol. The summed E-state index contributed by atoms with van der Waals surface area (Å²) in [6.45, 7) is 2.45. The van der Waals surface area contributed by atoms with Crippen LogP contribution >= 0.6 is 0 Å². The van der Waals surface area contributed by atoms with Gasteiger partial charge in [-0.1, -0.05) is 23.4 Å². The Bertz CT molecular complexity index is 1330. The molecule has 1 amide bonds. The van der Waals surface area contributed by atoms with Gasteiger partial charge in [0.25, 0.3) is 0 Å². The summed E-state index contributed by atoms with van der Waals surface area (Å²) in [6.07, 6.45) is -3.13. The molecule has 11 heteroatoms. The zero-order valence-electron chi connectivity index (χ0n) is 17.2. The molecular formula is C22H17F5N4O2. The minimum Gasteiger partial charge on any atom is -0.354 e. The molecule has 0 bridgehead atoms. The average Bonchev–Trinajstić information content (AvgIpc) is 3.36. The molecule has 0 saturated heterocycles. The first-order chi connectivity index (χ1) is 15.6. The number of alkyl halides is 3. The number of benzene rings is 2. The highest BCUT2D eigenvalue weighted by Gasteiger charge is 2.38. The lowest BCUT2D eigenvalue weighted by molar-refractivity contribution is -0.159. The summed E-state index contributed by atoms with van der Waals surface area (Å²) in [4.78, 5) is 15.5. The summed E-state index contributed by atoms with van der Waals surface area (Å²) in [5, 5.41) is 6.96. The van der Waals surface area contributed by atoms with Crippen molar-refractivity contribution in [3.8, 4) is 11.4 Å². The fourth-order valence-corrected chi connectivity index (χ4v) is 3.47. The third kappa shape index (κ3) is 4.86. The molecule has 0 aliphatic rings. The Morgan fingerprint density at radius 3 is 2.64 bits per heavy atom. The second-order valence-electron chi connectivity index (χ2n) is 7.42. The molecule has 0 aliphatic heterocycles. The van der Waals surface area contributed by atoms with Crippen LogP contribution in [0.25, 0.3) is 22.3 Å². The van der Waals surface area contributed by atoms with Gasteiger partial charge in [0.05, 0.1) is 6.42 Å². The van der Waals surface area contributed by atoms with E-state index in [-0.39, 0.29) is 24.4 Å². The van der Waals surface area contributed by atoms with E-state index in [9.17, 15) is 26.7 Å². The summed E-state index contributed by atoms with van der Waals surface area (Å²) in [5.74, 6) is -3.56. The van der Waals surface area contributed by atoms with Crippen LogP contribution in [0, 0.1) is 18.6 Å². The predicted molar refractivity (Wildman–Crippen MR) is 108 cm³/mol. The first kappa shape index (κ1) is 22.4. The van der Waals surface area contributed by atoms with Crippen molar-refractivity contribution in [1.29, 1.82) is 0 Å². The summed E-state index contributed by atoms with van der Waals surface area (Å²) in [6, 6.07) is 8.01. The van der Waals surface area contributed by atoms with Crippen molar-refractivity contribution < 1.29 is 31.3 Å². The van der Waals surface area contributed by atoms with E-state index in [0.717, 1.165) is 23.1 Å². The second-order valence-corrected chi connectivity index (χ2v) is 7.42. The van der Waals surface area contributed by atoms with Crippen LogP contribution < -0.4 is 5.32 Å². The fourth-order valence-electron chi connectivity index (χ4n) is 3.47. The highest BCUT2D eigenvalue weighted by molar-refractivity contribution is 5.87. The van der Waals surface area contributed by atoms with Crippen molar-refractivity contribution in [1.82, 2.24) is 20.0 Å². The summed E-state index contributed by atoms with van der Waals surface area (Å²) >= 11 is 0. The van der Waals surface area contributed by atoms with Gasteiger partial charge in [0, 0.05) is 41.8 Å². The number of carbonyl (C=O) groups is 1. The van der Waals surface area contributed by atoms with Crippen LogP contribution in [0.1, 0.15) is 17.0 Å². The van der Waals surface area contributed by atoms with Crippen LogP contribution in [-0.4, -0.2) is 27.2 Å². The van der Waals surface area contributed by atoms with Crippen molar-refractivity contribution in [2.45, 2.75) is 26.1 Å². The molecule has 33 heavy (non-hydrogen) atoms. The molecule has 0 saturated carbocycles. The summed E-state index contributed by atoms with van der Waals surface area (Å²) < 4.78 is 71.1. The number of aryl methyl sites for hydroxylation is 1. The third-order valence-electron chi connectivity index (χ3n) is 5.05. The number of aromatic nitrogens is 3. The number of hydrogen-bond donors (Lipinski definition) is 1. The van der Waals surface area contributed by atoms with Gasteiger partial charge in [-0.25, -0.2) is 8.78 Å². The molecule has 0 atom stereocenters. The van der Waals surface area contributed by atoms with Crippen LogP contribution in [0.5, 0.6) is 0 Å². The van der Waals surface area contributed by atoms with E-state index in [1.807, 2.05) is 17.7 Å². The van der Waals surface area contributed by atoms with Crippen LogP contribution in [0.4, 0.5) is 22.0 Å². The molecule has 6 nitrogen and oxygen atoms in total. The lowest BCUT2D eigenvalue weighted by Gasteiger charge is -2.09. The molecule has 0 radical (unpaired) electrons. The highest BCUT2D eigenvalue weighted by Crippen LogP contribution is 2.31. The van der Waals surface area contributed by atoms with Crippen molar-refractivity contribution in [2.75, 3.05) is 6.54 Å². The normalized spacial score (nSPS) is 11.8. The SMILES string of the molecule is Cc1cn(CCNC(=O)Cc2ccc(F)cc2F)c2cc(-c3noc(C(F)(F)F)n3)ccc12. The van der Waals surface area contributed by atoms with E-state index < -0.39 is 29.6 Å². The van der Waals surface area contributed by atoms with Gasteiger partial charge in [-0.3, -0.25) is 4.79 Å². The van der Waals surface area contributed by atoms with Crippen molar-refractivity contribution in [3.05, 3.63) is 71.2 Å². The number of nitrogens with zero attached hydrogens (tertiary/aromatic N) is 3. The number of amides is 1. The van der Waals surface area contributed by atoms with Crippen LogP contribution in [-0.2, 0) is 23.9 Å². The number of nitrogens with one attached hydrogen (secondary N) is 1. The van der Waals surface area contributed by atoms with Gasteiger partial charge < -0.3 is 14.4 Å². The maximum Gasteiger partial charge on any atom is 0.471 e. The minimum atomic E-state index is -4.73. The van der Waals surface area contributed by atoms with Gasteiger partial charge in [-0.05, 0) is 30.2 Å². The molecule has 2 aromatic carbocycles. The molecule has 2 heterocycles. The standard InChI is InChI=1S/C22H17F5N4O2/c1-12-11-31(7-6-28-19(32)9-13-2-4-15(23)10-17(13)24)18-8-14(3-5-16(12)18)20-29-21(33-30-20)22(25,26)27/h2-5,8,10-11H,6-7,9H2,1H3,(H,28,32). The van der Waals surface area contributed by atoms with E-state index in [4.69, 9.17) is 0 Å². The summed E-state index contributed by atoms with van der Waals surface area (Å²) in [5.41, 5.74) is 2.07. The molecule has 0 fully saturated rings. The first-order valence-corrected chi connectivity index (χ1v) is 9.83. The van der Waals surface area contributed by atoms with Crippen LogP contribution in [0.2, 0.25) is 0 Å². The maximum absolute atomic E-state index is 13.7. The lowest BCUT2D eigenvalue weighted by Crippen LogP contribution is -2.28.